The van der Waals surface area contributed by atoms with Gasteiger partial charge in [0.25, 0.3) is 0 Å². The lowest BCUT2D eigenvalue weighted by atomic mass is 9.80. The number of nitrogens with zero attached hydrogens (tertiary/aromatic N) is 2. The van der Waals surface area contributed by atoms with Crippen LogP contribution in [0.5, 0.6) is 0 Å². The molecule has 0 aromatic heterocycles. The summed E-state index contributed by atoms with van der Waals surface area (Å²) in [7, 11) is 0. The molecule has 25 aromatic carbocycles. The maximum atomic E-state index is 13.9. The summed E-state index contributed by atoms with van der Waals surface area (Å²) < 4.78 is 27.7. The molecule has 0 heterocycles. The van der Waals surface area contributed by atoms with Crippen molar-refractivity contribution in [2.45, 2.75) is 45.4 Å². The molecule has 0 aliphatic heterocycles. The first-order chi connectivity index (χ1) is 66.1. The highest BCUT2D eigenvalue weighted by Crippen LogP contribution is 2.56. The van der Waals surface area contributed by atoms with E-state index in [9.17, 15) is 19.3 Å². The summed E-state index contributed by atoms with van der Waals surface area (Å²) in [5, 5.41) is 46.3. The van der Waals surface area contributed by atoms with Gasteiger partial charge in [0.1, 0.15) is 11.6 Å². The lowest BCUT2D eigenvalue weighted by molar-refractivity contribution is 0.627. The molecule has 0 fully saturated rings. The van der Waals surface area contributed by atoms with Gasteiger partial charge in [-0.15, -0.1) is 0 Å². The van der Waals surface area contributed by atoms with Crippen molar-refractivity contribution in [1.82, 2.24) is 0 Å². The van der Waals surface area contributed by atoms with Gasteiger partial charge in [-0.1, -0.05) is 355 Å². The first-order valence-electron chi connectivity index (χ1n) is 46.4. The number of fused-ring (bicyclic) bond motifs is 8. The molecule has 2 aliphatic carbocycles. The second kappa shape index (κ2) is 31.1. The van der Waals surface area contributed by atoms with Crippen molar-refractivity contribution >= 4 is 118 Å². The minimum absolute atomic E-state index is 0.0670. The molecule has 2 aliphatic rings. The molecule has 632 valence electrons. The van der Waals surface area contributed by atoms with Crippen LogP contribution in [0.25, 0.3) is 241 Å². The second-order valence-electron chi connectivity index (χ2n) is 37.7. The molecular formula is C131H84F2N2. The molecule has 0 spiro atoms. The minimum Gasteiger partial charge on any atom is -0.207 e. The van der Waals surface area contributed by atoms with Crippen LogP contribution in [0.2, 0.25) is 0 Å². The smallest absolute Gasteiger partial charge is 0.123 e. The van der Waals surface area contributed by atoms with Crippen LogP contribution in [0.3, 0.4) is 0 Å². The Balaban J connectivity index is 0.000000110. The number of hydrogen-bond donors (Lipinski definition) is 0. The van der Waals surface area contributed by atoms with Crippen molar-refractivity contribution in [3.63, 3.8) is 0 Å². The molecule has 0 radical (unpaired) electrons. The van der Waals surface area contributed by atoms with Gasteiger partial charge in [0, 0.05) is 10.8 Å². The Morgan fingerprint density at radius 1 is 0.185 bits per heavy atom. The molecule has 0 saturated heterocycles. The van der Waals surface area contributed by atoms with Crippen LogP contribution in [0.4, 0.5) is 8.78 Å². The van der Waals surface area contributed by atoms with E-state index in [0.29, 0.717) is 11.1 Å². The second-order valence-corrected chi connectivity index (χ2v) is 37.7. The van der Waals surface area contributed by atoms with Crippen LogP contribution >= 0.6 is 0 Å². The van der Waals surface area contributed by atoms with E-state index < -0.39 is 0 Å². The predicted octanol–water partition coefficient (Wildman–Crippen LogP) is 36.0. The van der Waals surface area contributed by atoms with E-state index in [1.54, 1.807) is 0 Å². The van der Waals surface area contributed by atoms with Gasteiger partial charge in [-0.05, 0) is 367 Å². The summed E-state index contributed by atoms with van der Waals surface area (Å²) in [6.45, 7) is 11.6. The Morgan fingerprint density at radius 3 is 0.911 bits per heavy atom. The Morgan fingerprint density at radius 2 is 0.467 bits per heavy atom. The fourth-order valence-electron chi connectivity index (χ4n) is 23.0. The Hall–Kier alpha value is -17.0. The summed E-state index contributed by atoms with van der Waals surface area (Å²) in [6.07, 6.45) is 0. The number of nitriles is 2. The zero-order valence-electron chi connectivity index (χ0n) is 75.0. The maximum Gasteiger partial charge on any atom is 0.123 e. The summed E-state index contributed by atoms with van der Waals surface area (Å²) >= 11 is 0. The SMILES string of the molecule is CC1(C)c2ccccc2-c2ccc(-c3ccc4ccc5c(-c6ccc7c(c6)C(C)(C)c6ccccc6-7)cc(-c6ccc(C#N)cc6)c6ccc3c4c65)cc21.Cc1cc2c(-c3ccccc3)ccc3ccc4c(-c5ccc(F)cc5)cc(-c5ccc(F)cc5)c1c4c32.N#Cc1ccc(-c2cc(-c3ccc4ccccc4c3)c3ccc4ccc(-c5ccc6ccccc6c5)c5ccc2c3c45)cc1. The zero-order valence-corrected chi connectivity index (χ0v) is 75.0. The predicted molar refractivity (Wildman–Crippen MR) is 564 cm³/mol. The maximum absolute atomic E-state index is 13.9. The van der Waals surface area contributed by atoms with E-state index >= 15 is 0 Å². The molecule has 2 nitrogen and oxygen atoms in total. The van der Waals surface area contributed by atoms with Crippen molar-refractivity contribution < 1.29 is 8.78 Å². The highest BCUT2D eigenvalue weighted by molar-refractivity contribution is 6.34. The Labute approximate surface area is 781 Å². The standard InChI is InChI=1S/C53H37N.C43H25N.C35H22F2/c1-52(2)46-11-7-5-9-37(46)39-22-19-34(27-48(39)52)36-21-17-33-18-24-42-45(35-20-23-40-38-10-6-8-12-47(38)53(3,4)49(40)28-35)29-44(32-15-13-31(30-54)14-16-32)43-26-25-41(36)50(33)51(42)43;44-26-27-9-11-30(12-10-27)40-25-41(35-16-14-29-6-2-4-8-33(29)24-35)38-20-18-31-17-19-36(37-21-22-39(40)43(38)42(31)37)34-15-13-28-5-1-3-7-32(28)23-34;1-21-19-32-28(22-5-3-2-4-6-22)17-11-25-12-18-29-30(23-7-13-26(36)14-8-23)20-31(33(21)35(29)34(25)32)24-9-15-27(37)16-10-24/h5-29H,1-4H3;1-25H;2-20H,1H3. The average molecular weight is 1720 g/mol. The molecular weight excluding hydrogens is 1640 g/mol. The molecule has 0 saturated carbocycles. The number of rotatable bonds is 9. The lowest BCUT2D eigenvalue weighted by Gasteiger charge is -2.23. The Kier molecular flexibility index (Phi) is 18.4. The van der Waals surface area contributed by atoms with Gasteiger partial charge in [-0.25, -0.2) is 8.78 Å². The van der Waals surface area contributed by atoms with Crippen molar-refractivity contribution in [3.05, 3.63) is 469 Å². The summed E-state index contributed by atoms with van der Waals surface area (Å²) in [4.78, 5) is 0. The fourth-order valence-corrected chi connectivity index (χ4v) is 23.0. The largest absolute Gasteiger partial charge is 0.207 e. The highest BCUT2D eigenvalue weighted by atomic mass is 19.1. The van der Waals surface area contributed by atoms with Crippen LogP contribution in [-0.4, -0.2) is 0 Å². The van der Waals surface area contributed by atoms with E-state index in [1.165, 1.54) is 249 Å². The molecule has 25 aromatic rings. The summed E-state index contributed by atoms with van der Waals surface area (Å²) in [5.41, 5.74) is 34.0. The number of benzene rings is 25. The molecule has 0 unspecified atom stereocenters. The van der Waals surface area contributed by atoms with Gasteiger partial charge < -0.3 is 0 Å². The third-order valence-electron chi connectivity index (χ3n) is 29.6. The van der Waals surface area contributed by atoms with Gasteiger partial charge in [0.05, 0.1) is 23.3 Å². The van der Waals surface area contributed by atoms with E-state index in [-0.39, 0.29) is 22.5 Å². The summed E-state index contributed by atoms with van der Waals surface area (Å²) in [6, 6.07) is 153. The highest BCUT2D eigenvalue weighted by Gasteiger charge is 2.38. The van der Waals surface area contributed by atoms with Crippen molar-refractivity contribution in [1.29, 1.82) is 10.5 Å². The quantitative estimate of drug-likeness (QED) is 0.135. The molecule has 0 N–H and O–H groups in total. The summed E-state index contributed by atoms with van der Waals surface area (Å²) in [5.74, 6) is -0.520. The third-order valence-corrected chi connectivity index (χ3v) is 29.6. The van der Waals surface area contributed by atoms with E-state index in [0.717, 1.165) is 44.2 Å². The van der Waals surface area contributed by atoms with Crippen LogP contribution < -0.4 is 0 Å². The first-order valence-corrected chi connectivity index (χ1v) is 46.4. The normalized spacial score (nSPS) is 12.8. The van der Waals surface area contributed by atoms with E-state index in [4.69, 9.17) is 0 Å². The van der Waals surface area contributed by atoms with Gasteiger partial charge in [-0.2, -0.15) is 10.5 Å². The van der Waals surface area contributed by atoms with Crippen LogP contribution in [0, 0.1) is 41.2 Å². The van der Waals surface area contributed by atoms with Crippen molar-refractivity contribution in [2.75, 3.05) is 0 Å². The third kappa shape index (κ3) is 12.8. The molecule has 27 rings (SSSR count). The van der Waals surface area contributed by atoms with Crippen LogP contribution in [0.15, 0.2) is 419 Å². The van der Waals surface area contributed by atoms with Gasteiger partial charge >= 0.3 is 0 Å². The van der Waals surface area contributed by atoms with E-state index in [2.05, 4.69) is 386 Å². The van der Waals surface area contributed by atoms with Gasteiger partial charge in [0.2, 0.25) is 0 Å². The lowest BCUT2D eigenvalue weighted by Crippen LogP contribution is -2.14. The Bertz CT molecular complexity index is 9310. The molecule has 4 heteroatoms. The molecule has 0 bridgehead atoms. The average Bonchev–Trinajstić information content (AvgIpc) is 1.27. The fraction of sp³-hybridized carbons (Fsp3) is 0.0534. The van der Waals surface area contributed by atoms with Crippen LogP contribution in [-0.2, 0) is 10.8 Å². The molecule has 0 atom stereocenters. The minimum atomic E-state index is -0.261. The van der Waals surface area contributed by atoms with E-state index in [1.807, 2.05) is 54.6 Å². The van der Waals surface area contributed by atoms with Gasteiger partial charge in [-0.3, -0.25) is 0 Å². The zero-order chi connectivity index (χ0) is 90.8. The number of aryl methyl sites for hydroxylation is 1. The monoisotopic (exact) mass is 1720 g/mol. The van der Waals surface area contributed by atoms with Crippen molar-refractivity contribution in [2.24, 2.45) is 0 Å². The van der Waals surface area contributed by atoms with Gasteiger partial charge in [0.15, 0.2) is 0 Å². The molecule has 135 heavy (non-hydrogen) atoms. The van der Waals surface area contributed by atoms with Crippen molar-refractivity contribution in [3.8, 4) is 135 Å². The topological polar surface area (TPSA) is 47.6 Å². The number of hydrogen-bond acceptors (Lipinski definition) is 2. The number of halogens is 2. The first kappa shape index (κ1) is 80.1. The van der Waals surface area contributed by atoms with Crippen LogP contribution in [0.1, 0.15) is 66.6 Å². The molecule has 0 amide bonds.